The minimum Gasteiger partial charge on any atom is -0.370 e. The van der Waals surface area contributed by atoms with Crippen LogP contribution in [0.3, 0.4) is 0 Å². The van der Waals surface area contributed by atoms with E-state index in [9.17, 15) is 14.0 Å². The number of halogens is 1. The number of thioether (sulfide) groups is 1. The van der Waals surface area contributed by atoms with E-state index in [0.717, 1.165) is 11.8 Å². The molecule has 2 rings (SSSR count). The second-order valence-electron chi connectivity index (χ2n) is 6.44. The third-order valence-electron chi connectivity index (χ3n) is 4.45. The lowest BCUT2D eigenvalue weighted by molar-refractivity contribution is -0.123. The van der Waals surface area contributed by atoms with Crippen molar-refractivity contribution in [2.75, 3.05) is 17.7 Å². The van der Waals surface area contributed by atoms with Crippen molar-refractivity contribution in [3.63, 3.8) is 0 Å². The van der Waals surface area contributed by atoms with Crippen LogP contribution >= 0.6 is 24.4 Å². The number of hydrogen-bond acceptors (Lipinski definition) is 6. The molecule has 0 radical (unpaired) electrons. The number of carbonyl (C=O) groups is 2. The van der Waals surface area contributed by atoms with Gasteiger partial charge in [-0.2, -0.15) is 5.26 Å². The molecule has 0 aromatic heterocycles. The number of thiol groups is 1. The van der Waals surface area contributed by atoms with Crippen molar-refractivity contribution in [3.8, 4) is 6.07 Å². The van der Waals surface area contributed by atoms with Crippen LogP contribution in [0, 0.1) is 17.1 Å². The maximum atomic E-state index is 15.0. The molecule has 0 spiro atoms. The van der Waals surface area contributed by atoms with Gasteiger partial charge in [-0.3, -0.25) is 19.4 Å². The van der Waals surface area contributed by atoms with Gasteiger partial charge in [-0.25, -0.2) is 4.39 Å². The number of amides is 2. The van der Waals surface area contributed by atoms with Crippen LogP contribution in [0.15, 0.2) is 17.0 Å². The minimum atomic E-state index is -0.913. The molecule has 2 N–H and O–H groups in total. The molecule has 0 aliphatic carbocycles. The Labute approximate surface area is 161 Å². The maximum absolute atomic E-state index is 15.0. The number of nitrogens with zero attached hydrogens (tertiary/aromatic N) is 3. The van der Waals surface area contributed by atoms with Gasteiger partial charge in [0.25, 0.3) is 0 Å². The molecular weight excluding hydrogens is 375 g/mol. The molecule has 1 aromatic rings. The van der Waals surface area contributed by atoms with Crippen molar-refractivity contribution in [2.24, 2.45) is 5.73 Å². The van der Waals surface area contributed by atoms with Gasteiger partial charge in [0, 0.05) is 13.0 Å². The third-order valence-corrected chi connectivity index (χ3v) is 5.77. The van der Waals surface area contributed by atoms with Crippen molar-refractivity contribution in [3.05, 3.63) is 23.5 Å². The fourth-order valence-corrected chi connectivity index (χ4v) is 4.27. The largest absolute Gasteiger partial charge is 0.370 e. The predicted molar refractivity (Wildman–Crippen MR) is 102 cm³/mol. The zero-order valence-corrected chi connectivity index (χ0v) is 16.5. The van der Waals surface area contributed by atoms with Crippen LogP contribution in [0.5, 0.6) is 0 Å². The van der Waals surface area contributed by atoms with E-state index >= 15 is 0 Å². The molecule has 9 heteroatoms. The number of carbonyl (C=O) groups excluding carboxylic acids is 2. The zero-order valence-electron chi connectivity index (χ0n) is 14.8. The summed E-state index contributed by atoms with van der Waals surface area (Å²) >= 11 is 5.64. The van der Waals surface area contributed by atoms with Gasteiger partial charge >= 0.3 is 0 Å². The number of rotatable bonds is 6. The molecule has 1 atom stereocenters. The number of primary amides is 1. The highest BCUT2D eigenvalue weighted by Crippen LogP contribution is 2.40. The van der Waals surface area contributed by atoms with Crippen molar-refractivity contribution >= 4 is 41.9 Å². The number of anilines is 1. The molecule has 1 fully saturated rings. The number of nitriles is 1. The molecule has 26 heavy (non-hydrogen) atoms. The molecule has 2 amide bonds. The van der Waals surface area contributed by atoms with E-state index in [4.69, 9.17) is 11.0 Å². The predicted octanol–water partition coefficient (Wildman–Crippen LogP) is 2.33. The Kier molecular flexibility index (Phi) is 6.21. The molecule has 1 aliphatic heterocycles. The van der Waals surface area contributed by atoms with Crippen molar-refractivity contribution in [1.29, 1.82) is 5.26 Å². The quantitative estimate of drug-likeness (QED) is 0.569. The monoisotopic (exact) mass is 396 g/mol. The molecule has 1 heterocycles. The average molecular weight is 397 g/mol. The molecule has 140 valence electrons. The average Bonchev–Trinajstić information content (AvgIpc) is 2.74. The van der Waals surface area contributed by atoms with E-state index in [1.54, 1.807) is 25.0 Å². The summed E-state index contributed by atoms with van der Waals surface area (Å²) < 4.78 is 15.0. The summed E-state index contributed by atoms with van der Waals surface area (Å²) in [6.45, 7) is 3.89. The van der Waals surface area contributed by atoms with Gasteiger partial charge in [0.2, 0.25) is 11.8 Å². The van der Waals surface area contributed by atoms with E-state index < -0.39 is 22.8 Å². The van der Waals surface area contributed by atoms with Gasteiger partial charge < -0.3 is 5.73 Å². The second-order valence-corrected chi connectivity index (χ2v) is 7.71. The standard InChI is InChI=1S/C17H21FN4O2S2/c1-17(2)15(24)22(16(25)21(17)8-4-5-12(20)23)11-7-6-10(9-19)14(26-3)13(11)18/h6-7,16,25H,4-5,8H2,1-3H3,(H2,20,23). The Morgan fingerprint density at radius 1 is 1.50 bits per heavy atom. The molecule has 1 saturated heterocycles. The van der Waals surface area contributed by atoms with Gasteiger partial charge in [-0.05, 0) is 38.7 Å². The van der Waals surface area contributed by atoms with Gasteiger partial charge in [0.05, 0.1) is 21.7 Å². The van der Waals surface area contributed by atoms with E-state index in [-0.39, 0.29) is 28.5 Å². The van der Waals surface area contributed by atoms with Crippen LogP contribution in [-0.4, -0.2) is 40.6 Å². The van der Waals surface area contributed by atoms with E-state index in [1.807, 2.05) is 6.07 Å². The summed E-state index contributed by atoms with van der Waals surface area (Å²) in [4.78, 5) is 27.2. The smallest absolute Gasteiger partial charge is 0.249 e. The summed E-state index contributed by atoms with van der Waals surface area (Å²) in [6, 6.07) is 4.88. The van der Waals surface area contributed by atoms with E-state index in [1.165, 1.54) is 17.0 Å². The number of nitrogens with two attached hydrogens (primary N) is 1. The normalized spacial score (nSPS) is 19.6. The lowest BCUT2D eigenvalue weighted by atomic mass is 10.0. The van der Waals surface area contributed by atoms with Crippen LogP contribution in [-0.2, 0) is 9.59 Å². The molecule has 0 saturated carbocycles. The minimum absolute atomic E-state index is 0.0869. The molecular formula is C17H21FN4O2S2. The Morgan fingerprint density at radius 2 is 2.15 bits per heavy atom. The maximum Gasteiger partial charge on any atom is 0.249 e. The summed E-state index contributed by atoms with van der Waals surface area (Å²) in [5.74, 6) is -1.32. The Hall–Kier alpha value is -1.76. The van der Waals surface area contributed by atoms with Crippen molar-refractivity contribution in [2.45, 2.75) is 42.6 Å². The lowest BCUT2D eigenvalue weighted by Crippen LogP contribution is -2.45. The van der Waals surface area contributed by atoms with E-state index in [0.29, 0.717) is 13.0 Å². The van der Waals surface area contributed by atoms with Crippen molar-refractivity contribution in [1.82, 2.24) is 4.90 Å². The molecule has 1 aromatic carbocycles. The SMILES string of the molecule is CSc1c(C#N)ccc(N2C(=O)C(C)(C)N(CCCC(N)=O)C2S)c1F. The van der Waals surface area contributed by atoms with Crippen molar-refractivity contribution < 1.29 is 14.0 Å². The van der Waals surface area contributed by atoms with Gasteiger partial charge in [-0.1, -0.05) is 0 Å². The fourth-order valence-electron chi connectivity index (χ4n) is 3.02. The summed E-state index contributed by atoms with van der Waals surface area (Å²) in [5.41, 5.74) is 3.88. The number of hydrogen-bond donors (Lipinski definition) is 2. The fraction of sp³-hybridized carbons (Fsp3) is 0.471. The molecule has 1 aliphatic rings. The zero-order chi connectivity index (χ0) is 19.6. The highest BCUT2D eigenvalue weighted by atomic mass is 32.2. The summed E-state index contributed by atoms with van der Waals surface area (Å²) in [7, 11) is 0. The Balaban J connectivity index is 2.40. The first-order valence-electron chi connectivity index (χ1n) is 8.00. The van der Waals surface area contributed by atoms with Crippen LogP contribution < -0.4 is 10.6 Å². The molecule has 1 unspecified atom stereocenters. The second kappa shape index (κ2) is 7.86. The van der Waals surface area contributed by atoms with Crippen LogP contribution in [0.4, 0.5) is 10.1 Å². The van der Waals surface area contributed by atoms with Gasteiger partial charge in [0.1, 0.15) is 11.6 Å². The summed E-state index contributed by atoms with van der Waals surface area (Å²) in [6.07, 6.45) is 2.35. The highest BCUT2D eigenvalue weighted by Gasteiger charge is 2.51. The number of benzene rings is 1. The molecule has 6 nitrogen and oxygen atoms in total. The third kappa shape index (κ3) is 3.54. The van der Waals surface area contributed by atoms with Gasteiger partial charge in [0.15, 0.2) is 5.82 Å². The first-order chi connectivity index (χ1) is 12.2. The van der Waals surface area contributed by atoms with Crippen LogP contribution in [0.2, 0.25) is 0 Å². The topological polar surface area (TPSA) is 90.4 Å². The van der Waals surface area contributed by atoms with Crippen LogP contribution in [0.1, 0.15) is 32.3 Å². The van der Waals surface area contributed by atoms with Gasteiger partial charge in [-0.15, -0.1) is 24.4 Å². The Morgan fingerprint density at radius 3 is 2.69 bits per heavy atom. The van der Waals surface area contributed by atoms with Crippen LogP contribution in [0.25, 0.3) is 0 Å². The first kappa shape index (κ1) is 20.6. The highest BCUT2D eigenvalue weighted by molar-refractivity contribution is 7.98. The molecule has 0 bridgehead atoms. The lowest BCUT2D eigenvalue weighted by Gasteiger charge is -2.30. The van der Waals surface area contributed by atoms with E-state index in [2.05, 4.69) is 12.6 Å². The summed E-state index contributed by atoms with van der Waals surface area (Å²) in [5, 5.41) is 9.13. The Bertz CT molecular complexity index is 779. The first-order valence-corrected chi connectivity index (χ1v) is 9.74.